The highest BCUT2D eigenvalue weighted by Gasteiger charge is 2.34. The summed E-state index contributed by atoms with van der Waals surface area (Å²) in [5.74, 6) is -0.249. The summed E-state index contributed by atoms with van der Waals surface area (Å²) in [5, 5.41) is 10.4. The van der Waals surface area contributed by atoms with Crippen LogP contribution < -0.4 is 16.0 Å². The monoisotopic (exact) mass is 462 g/mol. The Morgan fingerprint density at radius 2 is 1.76 bits per heavy atom. The number of nitrogens with one attached hydrogen (secondary N) is 3. The molecule has 1 fully saturated rings. The molecule has 1 aliphatic heterocycles. The molecule has 0 unspecified atom stereocenters. The minimum atomic E-state index is -0.457. The zero-order valence-corrected chi connectivity index (χ0v) is 19.2. The third-order valence-corrected chi connectivity index (χ3v) is 6.33. The summed E-state index contributed by atoms with van der Waals surface area (Å²) in [6, 6.07) is 17.7. The Morgan fingerprint density at radius 1 is 1.00 bits per heavy atom. The zero-order valence-electron chi connectivity index (χ0n) is 18.3. The number of benzene rings is 2. The normalized spacial score (nSPS) is 15.2. The minimum absolute atomic E-state index is 0.0894. The molecule has 1 aromatic heterocycles. The average molecular weight is 463 g/mol. The number of urea groups is 1. The minimum Gasteiger partial charge on any atom is -0.350 e. The number of nitrogens with zero attached hydrogens (tertiary/aromatic N) is 1. The molecule has 1 atom stereocenters. The smallest absolute Gasteiger partial charge is 0.323 e. The van der Waals surface area contributed by atoms with Crippen molar-refractivity contribution in [1.82, 2.24) is 10.2 Å². The first kappa shape index (κ1) is 22.5. The third-order valence-electron chi connectivity index (χ3n) is 5.48. The number of likely N-dealkylation sites (tertiary alicyclic amines) is 1. The van der Waals surface area contributed by atoms with E-state index in [1.165, 1.54) is 11.3 Å². The lowest BCUT2D eigenvalue weighted by molar-refractivity contribution is -0.125. The van der Waals surface area contributed by atoms with Crippen LogP contribution in [-0.4, -0.2) is 35.3 Å². The van der Waals surface area contributed by atoms with E-state index in [1.54, 1.807) is 17.0 Å². The van der Waals surface area contributed by atoms with E-state index in [1.807, 2.05) is 60.8 Å². The fraction of sp³-hybridized carbons (Fsp3) is 0.240. The molecule has 8 heteroatoms. The van der Waals surface area contributed by atoms with Gasteiger partial charge in [0.2, 0.25) is 5.91 Å². The van der Waals surface area contributed by atoms with Gasteiger partial charge in [0.05, 0.1) is 4.88 Å². The van der Waals surface area contributed by atoms with Crippen molar-refractivity contribution in [2.75, 3.05) is 17.2 Å². The number of carbonyl (C=O) groups is 3. The van der Waals surface area contributed by atoms with Crippen molar-refractivity contribution >= 4 is 40.6 Å². The summed E-state index contributed by atoms with van der Waals surface area (Å²) in [5.41, 5.74) is 3.26. The second-order valence-corrected chi connectivity index (χ2v) is 8.95. The van der Waals surface area contributed by atoms with Crippen molar-refractivity contribution < 1.29 is 14.4 Å². The quantitative estimate of drug-likeness (QED) is 0.499. The lowest BCUT2D eigenvalue weighted by Gasteiger charge is -2.23. The number of anilines is 2. The molecular formula is C25H26N4O3S. The van der Waals surface area contributed by atoms with Crippen molar-refractivity contribution in [3.63, 3.8) is 0 Å². The number of rotatable bonds is 6. The summed E-state index contributed by atoms with van der Waals surface area (Å²) >= 11 is 1.39. The molecule has 0 spiro atoms. The van der Waals surface area contributed by atoms with Crippen molar-refractivity contribution in [1.29, 1.82) is 0 Å². The van der Waals surface area contributed by atoms with Crippen LogP contribution in [0.2, 0.25) is 0 Å². The first-order valence-corrected chi connectivity index (χ1v) is 11.7. The van der Waals surface area contributed by atoms with Crippen molar-refractivity contribution in [3.8, 4) is 0 Å². The van der Waals surface area contributed by atoms with Gasteiger partial charge < -0.3 is 20.9 Å². The molecule has 3 N–H and O–H groups in total. The highest BCUT2D eigenvalue weighted by atomic mass is 32.1. The van der Waals surface area contributed by atoms with E-state index < -0.39 is 6.04 Å². The second-order valence-electron chi connectivity index (χ2n) is 8.00. The number of thiophene rings is 1. The largest absolute Gasteiger partial charge is 0.350 e. The SMILES string of the molecule is Cc1cccc(NC(=O)Nc2cccc(CNC(=O)[C@@H]3CCCN3C(=O)c3cccs3)c2)c1. The zero-order chi connectivity index (χ0) is 23.2. The Hall–Kier alpha value is -3.65. The van der Waals surface area contributed by atoms with Crippen LogP contribution in [0, 0.1) is 6.92 Å². The molecule has 33 heavy (non-hydrogen) atoms. The Bertz CT molecular complexity index is 1150. The number of carbonyl (C=O) groups excluding carboxylic acids is 3. The van der Waals surface area contributed by atoms with Gasteiger partial charge in [0.15, 0.2) is 0 Å². The van der Waals surface area contributed by atoms with Gasteiger partial charge >= 0.3 is 6.03 Å². The van der Waals surface area contributed by atoms with Crippen molar-refractivity contribution in [2.45, 2.75) is 32.4 Å². The van der Waals surface area contributed by atoms with Crippen molar-refractivity contribution in [2.24, 2.45) is 0 Å². The first-order chi connectivity index (χ1) is 16.0. The van der Waals surface area contributed by atoms with Crippen LogP contribution in [0.4, 0.5) is 16.2 Å². The summed E-state index contributed by atoms with van der Waals surface area (Å²) in [6.07, 6.45) is 1.47. The van der Waals surface area contributed by atoms with Gasteiger partial charge in [-0.3, -0.25) is 9.59 Å². The fourth-order valence-corrected chi connectivity index (χ4v) is 4.59. The molecule has 0 saturated carbocycles. The van der Waals surface area contributed by atoms with Crippen LogP contribution in [0.15, 0.2) is 66.0 Å². The molecule has 0 bridgehead atoms. The van der Waals surface area contributed by atoms with Crippen LogP contribution in [0.3, 0.4) is 0 Å². The molecule has 2 heterocycles. The van der Waals surface area contributed by atoms with Gasteiger partial charge in [0, 0.05) is 24.5 Å². The highest BCUT2D eigenvalue weighted by molar-refractivity contribution is 7.12. The van der Waals surface area contributed by atoms with Crippen molar-refractivity contribution in [3.05, 3.63) is 82.0 Å². The molecule has 7 nitrogen and oxygen atoms in total. The Balaban J connectivity index is 1.32. The van der Waals surface area contributed by atoms with E-state index in [4.69, 9.17) is 0 Å². The molecule has 170 valence electrons. The van der Waals surface area contributed by atoms with Gasteiger partial charge in [-0.25, -0.2) is 4.79 Å². The number of aryl methyl sites for hydroxylation is 1. The molecule has 3 aromatic rings. The predicted octanol–water partition coefficient (Wildman–Crippen LogP) is 4.62. The van der Waals surface area contributed by atoms with E-state index in [-0.39, 0.29) is 17.8 Å². The molecule has 4 amide bonds. The average Bonchev–Trinajstić information content (AvgIpc) is 3.50. The van der Waals surface area contributed by atoms with E-state index >= 15 is 0 Å². The third kappa shape index (κ3) is 5.78. The molecule has 1 aliphatic rings. The molecule has 4 rings (SSSR count). The Morgan fingerprint density at radius 3 is 2.48 bits per heavy atom. The number of hydrogen-bond donors (Lipinski definition) is 3. The lowest BCUT2D eigenvalue weighted by Crippen LogP contribution is -2.45. The maximum absolute atomic E-state index is 12.8. The molecule has 0 radical (unpaired) electrons. The van der Waals surface area contributed by atoms with Crippen LogP contribution in [0.1, 0.15) is 33.6 Å². The van der Waals surface area contributed by atoms with E-state index in [0.717, 1.165) is 17.5 Å². The Labute approximate surface area is 196 Å². The van der Waals surface area contributed by atoms with Gasteiger partial charge in [-0.1, -0.05) is 30.3 Å². The molecule has 0 aliphatic carbocycles. The van der Waals surface area contributed by atoms with Crippen LogP contribution >= 0.6 is 11.3 Å². The standard InChI is InChI=1S/C25H26N4O3S/c1-17-6-2-8-19(14-17)27-25(32)28-20-9-3-7-18(15-20)16-26-23(30)21-10-4-12-29(21)24(31)22-11-5-13-33-22/h2-3,5-9,11,13-15,21H,4,10,12,16H2,1H3,(H,26,30)(H2,27,28,32)/t21-/m0/s1. The van der Waals surface area contributed by atoms with Gasteiger partial charge in [0.1, 0.15) is 6.04 Å². The molecular weight excluding hydrogens is 436 g/mol. The van der Waals surface area contributed by atoms with Gasteiger partial charge in [0.25, 0.3) is 5.91 Å². The van der Waals surface area contributed by atoms with Gasteiger partial charge in [-0.05, 0) is 66.6 Å². The summed E-state index contributed by atoms with van der Waals surface area (Å²) in [6.45, 7) is 2.86. The lowest BCUT2D eigenvalue weighted by atomic mass is 10.1. The van der Waals surface area contributed by atoms with E-state index in [2.05, 4.69) is 16.0 Å². The summed E-state index contributed by atoms with van der Waals surface area (Å²) in [7, 11) is 0. The van der Waals surface area contributed by atoms with Crippen LogP contribution in [0.5, 0.6) is 0 Å². The number of amides is 4. The van der Waals surface area contributed by atoms with Crippen LogP contribution in [0.25, 0.3) is 0 Å². The van der Waals surface area contributed by atoms with E-state index in [9.17, 15) is 14.4 Å². The maximum Gasteiger partial charge on any atom is 0.323 e. The topological polar surface area (TPSA) is 90.5 Å². The highest BCUT2D eigenvalue weighted by Crippen LogP contribution is 2.22. The summed E-state index contributed by atoms with van der Waals surface area (Å²) in [4.78, 5) is 40.1. The van der Waals surface area contributed by atoms with Gasteiger partial charge in [-0.15, -0.1) is 11.3 Å². The predicted molar refractivity (Wildman–Crippen MR) is 130 cm³/mol. The van der Waals surface area contributed by atoms with E-state index in [0.29, 0.717) is 35.8 Å². The molecule has 2 aromatic carbocycles. The first-order valence-electron chi connectivity index (χ1n) is 10.9. The van der Waals surface area contributed by atoms with Gasteiger partial charge in [-0.2, -0.15) is 0 Å². The fourth-order valence-electron chi connectivity index (χ4n) is 3.91. The maximum atomic E-state index is 12.8. The Kier molecular flexibility index (Phi) is 7.04. The molecule has 1 saturated heterocycles. The second kappa shape index (κ2) is 10.3. The number of hydrogen-bond acceptors (Lipinski definition) is 4. The summed E-state index contributed by atoms with van der Waals surface area (Å²) < 4.78 is 0. The van der Waals surface area contributed by atoms with Crippen LogP contribution in [-0.2, 0) is 11.3 Å².